The van der Waals surface area contributed by atoms with Crippen LogP contribution in [0.4, 0.5) is 0 Å². The maximum absolute atomic E-state index is 12.0. The molecule has 0 unspecified atom stereocenters. The molecule has 0 bridgehead atoms. The van der Waals surface area contributed by atoms with Crippen LogP contribution in [0.5, 0.6) is 0 Å². The van der Waals surface area contributed by atoms with Crippen molar-refractivity contribution >= 4 is 27.1 Å². The first kappa shape index (κ1) is 16.1. The number of carbonyl (C=O) groups excluding carboxylic acids is 1. The Balaban J connectivity index is 1.54. The predicted octanol–water partition coefficient (Wildman–Crippen LogP) is 1.42. The number of amides is 1. The van der Waals surface area contributed by atoms with Gasteiger partial charge in [-0.15, -0.1) is 0 Å². The summed E-state index contributed by atoms with van der Waals surface area (Å²) in [6, 6.07) is 1.90. The smallest absolute Gasteiger partial charge is 0.227 e. The lowest BCUT2D eigenvalue weighted by Crippen LogP contribution is -2.47. The van der Waals surface area contributed by atoms with Crippen molar-refractivity contribution in [3.8, 4) is 11.4 Å². The van der Waals surface area contributed by atoms with E-state index in [0.717, 1.165) is 5.56 Å². The van der Waals surface area contributed by atoms with E-state index in [0.29, 0.717) is 24.6 Å². The second kappa shape index (κ2) is 6.04. The van der Waals surface area contributed by atoms with Gasteiger partial charge in [0.1, 0.15) is 0 Å². The molecule has 0 spiro atoms. The predicted molar refractivity (Wildman–Crippen MR) is 85.8 cm³/mol. The van der Waals surface area contributed by atoms with Crippen LogP contribution >= 0.6 is 11.3 Å². The Bertz CT molecular complexity index is 798. The van der Waals surface area contributed by atoms with E-state index >= 15 is 0 Å². The highest BCUT2D eigenvalue weighted by Gasteiger charge is 2.39. The number of carbonyl (C=O) groups is 1. The maximum Gasteiger partial charge on any atom is 0.227 e. The van der Waals surface area contributed by atoms with Crippen LogP contribution < -0.4 is 5.32 Å². The summed E-state index contributed by atoms with van der Waals surface area (Å²) in [5.74, 6) is 0.812. The fourth-order valence-electron chi connectivity index (χ4n) is 2.59. The number of sulfone groups is 1. The first-order valence-corrected chi connectivity index (χ1v) is 9.98. The molecule has 2 aromatic rings. The average Bonchev–Trinajstić information content (AvgIpc) is 3.17. The molecule has 9 heteroatoms. The molecule has 3 rings (SSSR count). The zero-order chi connectivity index (χ0) is 16.5. The minimum absolute atomic E-state index is 0.00536. The molecule has 0 radical (unpaired) electrons. The molecule has 3 heterocycles. The van der Waals surface area contributed by atoms with Crippen molar-refractivity contribution in [1.82, 2.24) is 15.5 Å². The van der Waals surface area contributed by atoms with Crippen LogP contribution in [0.1, 0.15) is 25.7 Å². The monoisotopic (exact) mass is 355 g/mol. The second-order valence-electron chi connectivity index (χ2n) is 5.97. The van der Waals surface area contributed by atoms with E-state index in [1.165, 1.54) is 0 Å². The molecule has 0 aromatic carbocycles. The summed E-state index contributed by atoms with van der Waals surface area (Å²) in [6.45, 7) is 1.76. The van der Waals surface area contributed by atoms with Gasteiger partial charge in [-0.2, -0.15) is 16.3 Å². The Morgan fingerprint density at radius 1 is 1.52 bits per heavy atom. The topological polar surface area (TPSA) is 102 Å². The minimum atomic E-state index is -3.04. The van der Waals surface area contributed by atoms with E-state index in [2.05, 4.69) is 15.5 Å². The maximum atomic E-state index is 12.0. The Morgan fingerprint density at radius 3 is 3.00 bits per heavy atom. The molecule has 1 fully saturated rings. The highest BCUT2D eigenvalue weighted by atomic mass is 32.2. The molecule has 0 saturated carbocycles. The molecule has 23 heavy (non-hydrogen) atoms. The Kier molecular flexibility index (Phi) is 4.24. The quantitative estimate of drug-likeness (QED) is 0.870. The number of nitrogens with one attached hydrogen (secondary N) is 1. The summed E-state index contributed by atoms with van der Waals surface area (Å²) < 4.78 is 28.2. The largest absolute Gasteiger partial charge is 0.350 e. The number of hydrogen-bond donors (Lipinski definition) is 1. The van der Waals surface area contributed by atoms with Crippen LogP contribution in [0.3, 0.4) is 0 Å². The molecular weight excluding hydrogens is 338 g/mol. The number of aryl methyl sites for hydroxylation is 1. The van der Waals surface area contributed by atoms with Crippen LogP contribution in [-0.2, 0) is 21.1 Å². The van der Waals surface area contributed by atoms with Crippen molar-refractivity contribution in [2.75, 3.05) is 11.5 Å². The lowest BCUT2D eigenvalue weighted by Gasteiger charge is -2.23. The van der Waals surface area contributed by atoms with Crippen molar-refractivity contribution in [2.24, 2.45) is 0 Å². The summed E-state index contributed by atoms with van der Waals surface area (Å²) in [6.07, 6.45) is 0.955. The van der Waals surface area contributed by atoms with Gasteiger partial charge in [0.25, 0.3) is 0 Å². The van der Waals surface area contributed by atoms with Gasteiger partial charge in [-0.3, -0.25) is 4.79 Å². The van der Waals surface area contributed by atoms with Crippen LogP contribution in [0, 0.1) is 0 Å². The number of hydrogen-bond acceptors (Lipinski definition) is 7. The Morgan fingerprint density at radius 2 is 2.35 bits per heavy atom. The molecule has 1 atom stereocenters. The second-order valence-corrected chi connectivity index (χ2v) is 8.94. The number of aromatic nitrogens is 2. The van der Waals surface area contributed by atoms with Crippen LogP contribution in [0.15, 0.2) is 21.3 Å². The number of thiophene rings is 1. The molecule has 1 aliphatic heterocycles. The van der Waals surface area contributed by atoms with Gasteiger partial charge in [-0.25, -0.2) is 8.42 Å². The summed E-state index contributed by atoms with van der Waals surface area (Å²) in [4.78, 5) is 16.3. The van der Waals surface area contributed by atoms with E-state index < -0.39 is 15.4 Å². The third-order valence-corrected chi connectivity index (χ3v) is 6.34. The highest BCUT2D eigenvalue weighted by Crippen LogP contribution is 2.23. The van der Waals surface area contributed by atoms with E-state index in [1.807, 2.05) is 16.8 Å². The fraction of sp³-hybridized carbons (Fsp3) is 0.500. The normalized spacial score (nSPS) is 23.0. The van der Waals surface area contributed by atoms with Crippen molar-refractivity contribution in [1.29, 1.82) is 0 Å². The zero-order valence-corrected chi connectivity index (χ0v) is 14.2. The third kappa shape index (κ3) is 3.97. The summed E-state index contributed by atoms with van der Waals surface area (Å²) >= 11 is 1.54. The number of nitrogens with zero attached hydrogens (tertiary/aromatic N) is 2. The van der Waals surface area contributed by atoms with E-state index in [4.69, 9.17) is 4.52 Å². The van der Waals surface area contributed by atoms with Gasteiger partial charge in [0.05, 0.1) is 17.0 Å². The standard InChI is InChI=1S/C14H17N3O4S2/c1-14(5-7-23(19,20)9-14)16-11(18)2-3-12-15-13(17-21-12)10-4-6-22-8-10/h4,6,8H,2-3,5,7,9H2,1H3,(H,16,18)/t14-/m0/s1. The molecule has 124 valence electrons. The van der Waals surface area contributed by atoms with Crippen molar-refractivity contribution in [3.05, 3.63) is 22.7 Å². The summed E-state index contributed by atoms with van der Waals surface area (Å²) in [5.41, 5.74) is 0.213. The van der Waals surface area contributed by atoms with E-state index in [9.17, 15) is 13.2 Å². The molecule has 1 aliphatic rings. The summed E-state index contributed by atoms with van der Waals surface area (Å²) in [5, 5.41) is 10.5. The van der Waals surface area contributed by atoms with E-state index in [1.54, 1.807) is 18.3 Å². The third-order valence-electron chi connectivity index (χ3n) is 3.76. The number of rotatable bonds is 5. The molecule has 1 N–H and O–H groups in total. The van der Waals surface area contributed by atoms with Crippen molar-refractivity contribution in [3.63, 3.8) is 0 Å². The first-order chi connectivity index (χ1) is 10.9. The van der Waals surface area contributed by atoms with Gasteiger partial charge >= 0.3 is 0 Å². The van der Waals surface area contributed by atoms with Gasteiger partial charge in [-0.05, 0) is 24.8 Å². The lowest BCUT2D eigenvalue weighted by atomic mass is 10.0. The van der Waals surface area contributed by atoms with Gasteiger partial charge < -0.3 is 9.84 Å². The zero-order valence-electron chi connectivity index (χ0n) is 12.6. The Hall–Kier alpha value is -1.74. The van der Waals surface area contributed by atoms with Gasteiger partial charge in [0.2, 0.25) is 17.6 Å². The fourth-order valence-corrected chi connectivity index (χ4v) is 5.32. The molecule has 1 amide bonds. The lowest BCUT2D eigenvalue weighted by molar-refractivity contribution is -0.122. The Labute approximate surface area is 138 Å². The average molecular weight is 355 g/mol. The molecule has 7 nitrogen and oxygen atoms in total. The SMILES string of the molecule is C[C@]1(NC(=O)CCc2nc(-c3ccsc3)no2)CCS(=O)(=O)C1. The van der Waals surface area contributed by atoms with Crippen LogP contribution in [-0.4, -0.2) is 41.5 Å². The molecular formula is C14H17N3O4S2. The summed E-state index contributed by atoms with van der Waals surface area (Å²) in [7, 11) is -3.04. The van der Waals surface area contributed by atoms with Gasteiger partial charge in [0.15, 0.2) is 9.84 Å². The highest BCUT2D eigenvalue weighted by molar-refractivity contribution is 7.91. The first-order valence-electron chi connectivity index (χ1n) is 7.22. The molecule has 1 saturated heterocycles. The van der Waals surface area contributed by atoms with Gasteiger partial charge in [0, 0.05) is 23.8 Å². The van der Waals surface area contributed by atoms with Gasteiger partial charge in [-0.1, -0.05) is 5.16 Å². The van der Waals surface area contributed by atoms with Crippen LogP contribution in [0.25, 0.3) is 11.4 Å². The van der Waals surface area contributed by atoms with Crippen molar-refractivity contribution < 1.29 is 17.7 Å². The van der Waals surface area contributed by atoms with Crippen molar-refractivity contribution in [2.45, 2.75) is 31.7 Å². The van der Waals surface area contributed by atoms with Crippen LogP contribution in [0.2, 0.25) is 0 Å². The minimum Gasteiger partial charge on any atom is -0.350 e. The molecule has 2 aromatic heterocycles. The van der Waals surface area contributed by atoms with E-state index in [-0.39, 0.29) is 23.8 Å². The molecule has 0 aliphatic carbocycles.